The van der Waals surface area contributed by atoms with Gasteiger partial charge in [-0.15, -0.1) is 6.58 Å². The van der Waals surface area contributed by atoms with Gasteiger partial charge in [-0.2, -0.15) is 13.2 Å². The molecule has 0 aliphatic carbocycles. The van der Waals surface area contributed by atoms with Crippen LogP contribution in [0.25, 0.3) is 0 Å². The molecule has 1 atom stereocenters. The molecule has 0 radical (unpaired) electrons. The highest BCUT2D eigenvalue weighted by atomic mass is 32.2. The number of hydrogen-bond donors (Lipinski definition) is 1. The van der Waals surface area contributed by atoms with Crippen LogP contribution in [0.3, 0.4) is 0 Å². The summed E-state index contributed by atoms with van der Waals surface area (Å²) in [6.45, 7) is 19.3. The van der Waals surface area contributed by atoms with Crippen molar-refractivity contribution in [3.63, 3.8) is 0 Å². The van der Waals surface area contributed by atoms with E-state index in [4.69, 9.17) is 0 Å². The van der Waals surface area contributed by atoms with Crippen molar-refractivity contribution in [3.8, 4) is 0 Å². The summed E-state index contributed by atoms with van der Waals surface area (Å²) in [6, 6.07) is 1.79. The average Bonchev–Trinajstić information content (AvgIpc) is 2.75. The maximum atomic E-state index is 12.3. The summed E-state index contributed by atoms with van der Waals surface area (Å²) >= 11 is 0.609. The Morgan fingerprint density at radius 3 is 2.61 bits per heavy atom. The first-order valence-electron chi connectivity index (χ1n) is 11.5. The number of likely N-dealkylation sites (tertiary alicyclic amines) is 1. The minimum absolute atomic E-state index is 0.567. The van der Waals surface area contributed by atoms with Crippen molar-refractivity contribution in [2.45, 2.75) is 66.5 Å². The van der Waals surface area contributed by atoms with E-state index in [1.807, 2.05) is 27.7 Å². The van der Waals surface area contributed by atoms with Crippen molar-refractivity contribution >= 4 is 23.3 Å². The number of allylic oxidation sites excluding steroid dienone is 2. The van der Waals surface area contributed by atoms with Crippen LogP contribution in [-0.2, 0) is 0 Å². The standard InChI is InChI=1S/C20H29F3N4S.C3H6.C2H6/c1-14(7-8-17-6-5-9-27(4)12-17)25-15(2)18-10-19(16(3)24-11-18)26-28-13-20(21,22)23;1-3-2;1-2/h10-11,17,26H,1,5-9,12-13H2,2-4H3;3H,1H2,2H3;1-2H3. The molecule has 0 aromatic carbocycles. The molecule has 1 aliphatic heterocycles. The second kappa shape index (κ2) is 16.8. The molecule has 1 fully saturated rings. The van der Waals surface area contributed by atoms with Gasteiger partial charge < -0.3 is 9.62 Å². The van der Waals surface area contributed by atoms with Crippen molar-refractivity contribution in [2.75, 3.05) is 30.6 Å². The quantitative estimate of drug-likeness (QED) is 0.232. The van der Waals surface area contributed by atoms with E-state index in [2.05, 4.69) is 39.8 Å². The first kappa shape index (κ1) is 31.2. The van der Waals surface area contributed by atoms with Crippen molar-refractivity contribution in [1.82, 2.24) is 9.88 Å². The molecule has 0 bridgehead atoms. The maximum absolute atomic E-state index is 12.3. The van der Waals surface area contributed by atoms with Crippen LogP contribution in [0.2, 0.25) is 0 Å². The van der Waals surface area contributed by atoms with Crippen LogP contribution >= 0.6 is 11.9 Å². The molecule has 1 saturated heterocycles. The highest BCUT2D eigenvalue weighted by molar-refractivity contribution is 8.00. The van der Waals surface area contributed by atoms with E-state index in [0.29, 0.717) is 29.2 Å². The number of alkyl halides is 3. The zero-order valence-corrected chi connectivity index (χ0v) is 21.9. The van der Waals surface area contributed by atoms with Gasteiger partial charge in [0.05, 0.1) is 11.4 Å². The lowest BCUT2D eigenvalue weighted by Gasteiger charge is -2.29. The number of nitrogens with one attached hydrogen (secondary N) is 1. The van der Waals surface area contributed by atoms with E-state index < -0.39 is 11.9 Å². The molecular formula is C25H41F3N4S. The topological polar surface area (TPSA) is 40.5 Å². The van der Waals surface area contributed by atoms with Gasteiger partial charge in [0.2, 0.25) is 0 Å². The molecule has 1 aliphatic rings. The molecule has 1 aromatic heterocycles. The van der Waals surface area contributed by atoms with Crippen molar-refractivity contribution in [3.05, 3.63) is 48.5 Å². The Labute approximate surface area is 203 Å². The molecular weight excluding hydrogens is 445 g/mol. The second-order valence-corrected chi connectivity index (χ2v) is 8.63. The molecule has 0 saturated carbocycles. The van der Waals surface area contributed by atoms with Gasteiger partial charge in [0.15, 0.2) is 0 Å². The predicted molar refractivity (Wildman–Crippen MR) is 139 cm³/mol. The highest BCUT2D eigenvalue weighted by Crippen LogP contribution is 2.25. The van der Waals surface area contributed by atoms with Crippen LogP contribution in [-0.4, -0.2) is 47.7 Å². The molecule has 33 heavy (non-hydrogen) atoms. The summed E-state index contributed by atoms with van der Waals surface area (Å²) in [5.41, 5.74) is 3.58. The number of piperidine rings is 1. The van der Waals surface area contributed by atoms with Gasteiger partial charge in [0, 0.05) is 29.7 Å². The van der Waals surface area contributed by atoms with Crippen LogP contribution < -0.4 is 4.72 Å². The summed E-state index contributed by atoms with van der Waals surface area (Å²) in [5, 5.41) is 0. The van der Waals surface area contributed by atoms with Gasteiger partial charge in [-0.25, -0.2) is 0 Å². The molecule has 2 rings (SSSR count). The number of halogens is 3. The number of aromatic nitrogens is 1. The highest BCUT2D eigenvalue weighted by Gasteiger charge is 2.27. The van der Waals surface area contributed by atoms with E-state index >= 15 is 0 Å². The van der Waals surface area contributed by atoms with E-state index in [9.17, 15) is 13.2 Å². The van der Waals surface area contributed by atoms with Gasteiger partial charge in [-0.3, -0.25) is 9.98 Å². The molecule has 1 unspecified atom stereocenters. The molecule has 188 valence electrons. The van der Waals surface area contributed by atoms with Crippen LogP contribution in [0.5, 0.6) is 0 Å². The maximum Gasteiger partial charge on any atom is 0.399 e. The zero-order valence-electron chi connectivity index (χ0n) is 21.1. The molecule has 2 heterocycles. The number of aryl methyl sites for hydroxylation is 1. The Balaban J connectivity index is 0.00000189. The van der Waals surface area contributed by atoms with Gasteiger partial charge in [-0.05, 0) is 84.0 Å². The average molecular weight is 487 g/mol. The van der Waals surface area contributed by atoms with Gasteiger partial charge in [0.1, 0.15) is 5.75 Å². The van der Waals surface area contributed by atoms with Crippen LogP contribution in [0.4, 0.5) is 18.9 Å². The number of nitrogens with zero attached hydrogens (tertiary/aromatic N) is 3. The smallest absolute Gasteiger partial charge is 0.328 e. The van der Waals surface area contributed by atoms with E-state index in [1.165, 1.54) is 19.4 Å². The van der Waals surface area contributed by atoms with Crippen LogP contribution in [0, 0.1) is 12.8 Å². The molecule has 1 aromatic rings. The molecule has 0 spiro atoms. The molecule has 1 N–H and O–H groups in total. The summed E-state index contributed by atoms with van der Waals surface area (Å²) in [5.74, 6) is -0.273. The molecule has 4 nitrogen and oxygen atoms in total. The monoisotopic (exact) mass is 486 g/mol. The number of rotatable bonds is 8. The fourth-order valence-electron chi connectivity index (χ4n) is 3.27. The Hall–Kier alpha value is -1.80. The summed E-state index contributed by atoms with van der Waals surface area (Å²) in [6.07, 6.45) is 3.66. The van der Waals surface area contributed by atoms with Crippen molar-refractivity contribution in [2.24, 2.45) is 10.9 Å². The summed E-state index contributed by atoms with van der Waals surface area (Å²) < 4.78 is 39.7. The first-order chi connectivity index (χ1) is 15.6. The number of aliphatic imine (C=N–C) groups is 1. The fourth-order valence-corrected chi connectivity index (χ4v) is 3.87. The lowest BCUT2D eigenvalue weighted by atomic mass is 9.93. The normalized spacial score (nSPS) is 16.6. The third-order valence-corrected chi connectivity index (χ3v) is 5.65. The molecule has 0 amide bonds. The van der Waals surface area contributed by atoms with E-state index in [1.54, 1.807) is 25.3 Å². The Kier molecular flexibility index (Phi) is 15.8. The van der Waals surface area contributed by atoms with E-state index in [0.717, 1.165) is 36.4 Å². The van der Waals surface area contributed by atoms with Crippen LogP contribution in [0.15, 0.2) is 42.2 Å². The third-order valence-electron chi connectivity index (χ3n) is 4.81. The number of pyridine rings is 1. The van der Waals surface area contributed by atoms with Crippen molar-refractivity contribution in [1.29, 1.82) is 0 Å². The van der Waals surface area contributed by atoms with Gasteiger partial charge >= 0.3 is 6.18 Å². The van der Waals surface area contributed by atoms with Gasteiger partial charge in [0.25, 0.3) is 0 Å². The lowest BCUT2D eigenvalue weighted by Crippen LogP contribution is -2.31. The lowest BCUT2D eigenvalue weighted by molar-refractivity contribution is -0.105. The van der Waals surface area contributed by atoms with Crippen LogP contribution in [0.1, 0.15) is 64.6 Å². The Bertz CT molecular complexity index is 748. The number of hydrogen-bond acceptors (Lipinski definition) is 5. The Morgan fingerprint density at radius 1 is 1.39 bits per heavy atom. The fraction of sp³-hybridized carbons (Fsp3) is 0.600. The largest absolute Gasteiger partial charge is 0.399 e. The SMILES string of the molecule is C=C(CCC1CCCN(C)C1)N=C(C)c1cnc(C)c(NSCC(F)(F)F)c1.C=CC.CC. The Morgan fingerprint density at radius 2 is 2.03 bits per heavy atom. The second-order valence-electron chi connectivity index (χ2n) is 7.84. The zero-order chi connectivity index (χ0) is 25.4. The van der Waals surface area contributed by atoms with E-state index in [-0.39, 0.29) is 0 Å². The predicted octanol–water partition coefficient (Wildman–Crippen LogP) is 7.68. The van der Waals surface area contributed by atoms with Gasteiger partial charge in [-0.1, -0.05) is 26.5 Å². The number of anilines is 1. The summed E-state index contributed by atoms with van der Waals surface area (Å²) in [7, 11) is 2.16. The summed E-state index contributed by atoms with van der Waals surface area (Å²) in [4.78, 5) is 11.2. The molecule has 8 heteroatoms. The first-order valence-corrected chi connectivity index (χ1v) is 12.4. The third kappa shape index (κ3) is 14.1. The minimum atomic E-state index is -4.21. The minimum Gasteiger partial charge on any atom is -0.328 e. The van der Waals surface area contributed by atoms with Crippen molar-refractivity contribution < 1.29 is 13.2 Å².